The van der Waals surface area contributed by atoms with Crippen molar-refractivity contribution >= 4 is 24.0 Å². The van der Waals surface area contributed by atoms with Gasteiger partial charge in [0.2, 0.25) is 5.88 Å². The van der Waals surface area contributed by atoms with E-state index < -0.39 is 0 Å². The number of hydrogen-bond acceptors (Lipinski definition) is 5. The summed E-state index contributed by atoms with van der Waals surface area (Å²) in [4.78, 5) is 10.4. The van der Waals surface area contributed by atoms with E-state index in [4.69, 9.17) is 9.84 Å². The molecule has 1 aromatic rings. The number of ether oxygens (including phenoxy) is 1. The summed E-state index contributed by atoms with van der Waals surface area (Å²) in [5.74, 6) is 1.14. The normalized spacial score (nSPS) is 14.7. The predicted molar refractivity (Wildman–Crippen MR) is 86.0 cm³/mol. The zero-order valence-corrected chi connectivity index (χ0v) is 14.2. The lowest BCUT2D eigenvalue weighted by Gasteiger charge is -2.38. The third-order valence-corrected chi connectivity index (χ3v) is 2.67. The Morgan fingerprint density at radius 3 is 2.53 bits per heavy atom. The van der Waals surface area contributed by atoms with E-state index in [0.717, 1.165) is 25.3 Å². The Balaban J connectivity index is 0.00000103. The van der Waals surface area contributed by atoms with E-state index in [1.54, 1.807) is 12.4 Å². The highest BCUT2D eigenvalue weighted by Gasteiger charge is 2.26. The summed E-state index contributed by atoms with van der Waals surface area (Å²) in [6.45, 7) is 9.58. The maximum atomic E-state index is 8.73. The van der Waals surface area contributed by atoms with E-state index in [-0.39, 0.29) is 30.6 Å². The third kappa shape index (κ3) is 6.49. The molecule has 0 radical (unpaired) electrons. The van der Waals surface area contributed by atoms with E-state index in [9.17, 15) is 0 Å². The van der Waals surface area contributed by atoms with Crippen molar-refractivity contribution in [1.29, 1.82) is 0 Å². The molecule has 19 heavy (non-hydrogen) atoms. The first-order valence-electron chi connectivity index (χ1n) is 6.52. The van der Waals surface area contributed by atoms with Gasteiger partial charge in [-0.1, -0.05) is 13.8 Å². The minimum Gasteiger partial charge on any atom is -0.476 e. The fourth-order valence-electron chi connectivity index (χ4n) is 1.76. The maximum Gasteiger partial charge on any atom is 0.232 e. The van der Waals surface area contributed by atoms with Gasteiger partial charge >= 0.3 is 0 Å². The molecule has 0 aromatic carbocycles. The number of hydrogen-bond donors (Lipinski definition) is 1. The Morgan fingerprint density at radius 1 is 1.32 bits per heavy atom. The lowest BCUT2D eigenvalue weighted by molar-refractivity contribution is 0.0467. The Hall–Kier alpha value is -0.470. The highest BCUT2D eigenvalue weighted by atomic mass is 127. The topological polar surface area (TPSA) is 58.5 Å². The molecule has 1 saturated heterocycles. The smallest absolute Gasteiger partial charge is 0.232 e. The Morgan fingerprint density at radius 2 is 2.00 bits per heavy atom. The molecule has 1 aromatic heterocycles. The van der Waals surface area contributed by atoms with Crippen molar-refractivity contribution in [3.05, 3.63) is 18.1 Å². The van der Waals surface area contributed by atoms with Gasteiger partial charge in [0.15, 0.2) is 0 Å². The molecule has 1 fully saturated rings. The van der Waals surface area contributed by atoms with Crippen LogP contribution in [-0.2, 0) is 0 Å². The van der Waals surface area contributed by atoms with Gasteiger partial charge in [-0.3, -0.25) is 4.98 Å². The number of aliphatic hydroxyl groups is 1. The van der Waals surface area contributed by atoms with Crippen LogP contribution in [0.4, 0.5) is 0 Å². The van der Waals surface area contributed by atoms with Crippen molar-refractivity contribution in [2.24, 2.45) is 5.92 Å². The summed E-state index contributed by atoms with van der Waals surface area (Å²) in [6, 6.07) is 0. The molecular formula is C13H24IN3O2. The average Bonchev–Trinajstić information content (AvgIpc) is 2.36. The van der Waals surface area contributed by atoms with Gasteiger partial charge in [0.25, 0.3) is 0 Å². The van der Waals surface area contributed by atoms with E-state index in [1.165, 1.54) is 0 Å². The first-order valence-corrected chi connectivity index (χ1v) is 6.52. The van der Waals surface area contributed by atoms with Crippen molar-refractivity contribution in [2.45, 2.75) is 20.8 Å². The fraction of sp³-hybridized carbons (Fsp3) is 0.692. The van der Waals surface area contributed by atoms with Crippen molar-refractivity contribution < 1.29 is 9.84 Å². The van der Waals surface area contributed by atoms with Crippen LogP contribution in [0.25, 0.3) is 0 Å². The SMILES string of the molecule is CC.Cc1cnc(OCC2CN(CCO)C2)cn1.I. The van der Waals surface area contributed by atoms with E-state index in [0.29, 0.717) is 18.4 Å². The summed E-state index contributed by atoms with van der Waals surface area (Å²) in [5.41, 5.74) is 0.894. The maximum absolute atomic E-state index is 8.73. The van der Waals surface area contributed by atoms with Gasteiger partial charge in [-0.15, -0.1) is 24.0 Å². The fourth-order valence-corrected chi connectivity index (χ4v) is 1.76. The van der Waals surface area contributed by atoms with Crippen LogP contribution in [0.5, 0.6) is 5.88 Å². The molecule has 0 atom stereocenters. The number of aromatic nitrogens is 2. The van der Waals surface area contributed by atoms with Gasteiger partial charge < -0.3 is 14.7 Å². The number of aliphatic hydroxyl groups excluding tert-OH is 1. The van der Waals surface area contributed by atoms with Gasteiger partial charge in [-0.25, -0.2) is 4.98 Å². The molecule has 0 unspecified atom stereocenters. The number of halogens is 1. The highest BCUT2D eigenvalue weighted by Crippen LogP contribution is 2.16. The van der Waals surface area contributed by atoms with Crippen LogP contribution in [0.1, 0.15) is 19.5 Å². The second-order valence-electron chi connectivity index (χ2n) is 4.16. The average molecular weight is 381 g/mol. The van der Waals surface area contributed by atoms with Gasteiger partial charge in [0.1, 0.15) is 0 Å². The monoisotopic (exact) mass is 381 g/mol. The summed E-state index contributed by atoms with van der Waals surface area (Å²) < 4.78 is 5.53. The molecule has 1 N–H and O–H groups in total. The van der Waals surface area contributed by atoms with Crippen LogP contribution >= 0.6 is 24.0 Å². The summed E-state index contributed by atoms with van der Waals surface area (Å²) in [6.07, 6.45) is 3.35. The zero-order chi connectivity index (χ0) is 13.4. The Labute approximate surface area is 132 Å². The molecule has 1 aliphatic heterocycles. The first kappa shape index (κ1) is 18.5. The molecule has 0 saturated carbocycles. The molecular weight excluding hydrogens is 357 g/mol. The van der Waals surface area contributed by atoms with Gasteiger partial charge in [-0.05, 0) is 6.92 Å². The lowest BCUT2D eigenvalue weighted by Crippen LogP contribution is -2.50. The number of β-amino-alcohol motifs (C(OH)–C–C–N with tert-alkyl or cyclic N) is 1. The molecule has 0 amide bonds. The number of aryl methyl sites for hydroxylation is 1. The quantitative estimate of drug-likeness (QED) is 0.788. The number of nitrogens with zero attached hydrogens (tertiary/aromatic N) is 3. The second-order valence-corrected chi connectivity index (χ2v) is 4.16. The van der Waals surface area contributed by atoms with Crippen molar-refractivity contribution in [3.63, 3.8) is 0 Å². The van der Waals surface area contributed by atoms with Crippen molar-refractivity contribution in [2.75, 3.05) is 32.8 Å². The second kappa shape index (κ2) is 10.3. The molecule has 110 valence electrons. The van der Waals surface area contributed by atoms with Crippen LogP contribution in [0.15, 0.2) is 12.4 Å². The molecule has 2 heterocycles. The largest absolute Gasteiger partial charge is 0.476 e. The van der Waals surface area contributed by atoms with Crippen LogP contribution in [0, 0.1) is 12.8 Å². The summed E-state index contributed by atoms with van der Waals surface area (Å²) in [7, 11) is 0. The van der Waals surface area contributed by atoms with Gasteiger partial charge in [0.05, 0.1) is 31.3 Å². The number of likely N-dealkylation sites (tertiary alicyclic amines) is 1. The molecule has 0 aliphatic carbocycles. The number of rotatable bonds is 5. The van der Waals surface area contributed by atoms with E-state index >= 15 is 0 Å². The minimum absolute atomic E-state index is 0. The van der Waals surface area contributed by atoms with Gasteiger partial charge in [0, 0.05) is 25.6 Å². The molecule has 5 nitrogen and oxygen atoms in total. The Kier molecular flexibility index (Phi) is 10.1. The molecule has 2 rings (SSSR count). The van der Waals surface area contributed by atoms with Crippen LogP contribution in [-0.4, -0.2) is 52.8 Å². The van der Waals surface area contributed by atoms with Crippen LogP contribution in [0.3, 0.4) is 0 Å². The summed E-state index contributed by atoms with van der Waals surface area (Å²) >= 11 is 0. The van der Waals surface area contributed by atoms with Crippen molar-refractivity contribution in [3.8, 4) is 5.88 Å². The third-order valence-electron chi connectivity index (χ3n) is 2.67. The first-order chi connectivity index (χ1) is 8.78. The van der Waals surface area contributed by atoms with Crippen molar-refractivity contribution in [1.82, 2.24) is 14.9 Å². The highest BCUT2D eigenvalue weighted by molar-refractivity contribution is 14.0. The molecule has 0 bridgehead atoms. The minimum atomic E-state index is 0. The van der Waals surface area contributed by atoms with E-state index in [2.05, 4.69) is 14.9 Å². The standard InChI is InChI=1S/C11H17N3O2.C2H6.HI/c1-9-4-13-11(5-12-9)16-8-10-6-14(7-10)2-3-15;1-2;/h4-5,10,15H,2-3,6-8H2,1H3;1-2H3;1H. The van der Waals surface area contributed by atoms with E-state index in [1.807, 2.05) is 20.8 Å². The van der Waals surface area contributed by atoms with Crippen LogP contribution in [0.2, 0.25) is 0 Å². The Bertz CT molecular complexity index is 329. The predicted octanol–water partition coefficient (Wildman–Crippen LogP) is 1.73. The molecule has 1 aliphatic rings. The molecule has 0 spiro atoms. The van der Waals surface area contributed by atoms with Gasteiger partial charge in [-0.2, -0.15) is 0 Å². The molecule has 6 heteroatoms. The lowest BCUT2D eigenvalue weighted by atomic mass is 10.0. The zero-order valence-electron chi connectivity index (χ0n) is 11.9. The summed E-state index contributed by atoms with van der Waals surface area (Å²) in [5, 5.41) is 8.73. The van der Waals surface area contributed by atoms with Crippen LogP contribution < -0.4 is 4.74 Å².